The number of nitrogens with two attached hydrogens (primary N) is 1. The average molecular weight is 171 g/mol. The minimum Gasteiger partial charge on any atom is -0.369 e. The predicted octanol–water partition coefficient (Wildman–Crippen LogP) is 1.11. The van der Waals surface area contributed by atoms with Crippen LogP contribution in [0.15, 0.2) is 0 Å². The maximum atomic E-state index is 11.0. The van der Waals surface area contributed by atoms with Crippen LogP contribution in [0.3, 0.4) is 0 Å². The molecule has 0 fully saturated rings. The zero-order valence-electron chi connectivity index (χ0n) is 7.96. The van der Waals surface area contributed by atoms with Gasteiger partial charge in [-0.1, -0.05) is 13.8 Å². The number of Topliss-reactive ketones (excluding diaryl/α,β-unsaturated/α-hetero) is 1. The summed E-state index contributed by atoms with van der Waals surface area (Å²) in [5, 5.41) is 0. The van der Waals surface area contributed by atoms with Gasteiger partial charge in [-0.15, -0.1) is 0 Å². The molecule has 0 aromatic heterocycles. The monoisotopic (exact) mass is 171 g/mol. The van der Waals surface area contributed by atoms with E-state index in [1.165, 1.54) is 0 Å². The molecule has 0 aliphatic rings. The Morgan fingerprint density at radius 1 is 1.42 bits per heavy atom. The van der Waals surface area contributed by atoms with Crippen molar-refractivity contribution in [1.29, 1.82) is 0 Å². The maximum Gasteiger partial charge on any atom is 0.220 e. The van der Waals surface area contributed by atoms with E-state index in [0.29, 0.717) is 6.42 Å². The first kappa shape index (κ1) is 11.1. The topological polar surface area (TPSA) is 60.2 Å². The van der Waals surface area contributed by atoms with E-state index >= 15 is 0 Å². The van der Waals surface area contributed by atoms with Gasteiger partial charge in [0, 0.05) is 11.8 Å². The second-order valence-electron chi connectivity index (χ2n) is 3.25. The van der Waals surface area contributed by atoms with Crippen molar-refractivity contribution in [3.63, 3.8) is 0 Å². The third kappa shape index (κ3) is 3.51. The van der Waals surface area contributed by atoms with Crippen molar-refractivity contribution in [3.05, 3.63) is 0 Å². The lowest BCUT2D eigenvalue weighted by Crippen LogP contribution is -2.24. The lowest BCUT2D eigenvalue weighted by atomic mass is 9.90. The number of ketones is 1. The van der Waals surface area contributed by atoms with E-state index in [4.69, 9.17) is 5.73 Å². The van der Waals surface area contributed by atoms with Gasteiger partial charge in [0.25, 0.3) is 0 Å². The molecule has 2 unspecified atom stereocenters. The van der Waals surface area contributed by atoms with Crippen molar-refractivity contribution in [1.82, 2.24) is 0 Å². The molecule has 0 saturated carbocycles. The number of hydrogen-bond donors (Lipinski definition) is 1. The second kappa shape index (κ2) is 4.91. The van der Waals surface area contributed by atoms with Gasteiger partial charge in [-0.2, -0.15) is 0 Å². The summed E-state index contributed by atoms with van der Waals surface area (Å²) in [7, 11) is 0. The quantitative estimate of drug-likeness (QED) is 0.673. The van der Waals surface area contributed by atoms with Crippen LogP contribution in [0.4, 0.5) is 0 Å². The SMILES string of the molecule is CCC(CC(C)C(N)=O)C(C)=O. The average Bonchev–Trinajstić information content (AvgIpc) is 1.98. The van der Waals surface area contributed by atoms with Crippen LogP contribution in [-0.2, 0) is 9.59 Å². The molecule has 0 aliphatic heterocycles. The molecule has 0 rings (SSSR count). The molecule has 1 amide bonds. The largest absolute Gasteiger partial charge is 0.369 e. The van der Waals surface area contributed by atoms with Crippen LogP contribution >= 0.6 is 0 Å². The summed E-state index contributed by atoms with van der Waals surface area (Å²) >= 11 is 0. The van der Waals surface area contributed by atoms with Crippen LogP contribution in [0.1, 0.15) is 33.6 Å². The van der Waals surface area contributed by atoms with Gasteiger partial charge in [0.05, 0.1) is 0 Å². The fourth-order valence-corrected chi connectivity index (χ4v) is 1.16. The molecular weight excluding hydrogens is 154 g/mol. The summed E-state index contributed by atoms with van der Waals surface area (Å²) in [6.45, 7) is 5.26. The Morgan fingerprint density at radius 3 is 2.17 bits per heavy atom. The highest BCUT2D eigenvalue weighted by atomic mass is 16.1. The predicted molar refractivity (Wildman–Crippen MR) is 47.4 cm³/mol. The highest BCUT2D eigenvalue weighted by Crippen LogP contribution is 2.15. The first-order valence-electron chi connectivity index (χ1n) is 4.28. The second-order valence-corrected chi connectivity index (χ2v) is 3.25. The molecule has 0 spiro atoms. The Labute approximate surface area is 73.3 Å². The van der Waals surface area contributed by atoms with E-state index in [2.05, 4.69) is 0 Å². The molecule has 2 N–H and O–H groups in total. The van der Waals surface area contributed by atoms with Crippen molar-refractivity contribution in [2.24, 2.45) is 17.6 Å². The van der Waals surface area contributed by atoms with Crippen LogP contribution in [0, 0.1) is 11.8 Å². The summed E-state index contributed by atoms with van der Waals surface area (Å²) in [6.07, 6.45) is 1.37. The van der Waals surface area contributed by atoms with Crippen LogP contribution < -0.4 is 5.73 Å². The van der Waals surface area contributed by atoms with Crippen molar-refractivity contribution >= 4 is 11.7 Å². The Kier molecular flexibility index (Phi) is 4.55. The Bertz CT molecular complexity index is 177. The molecule has 0 radical (unpaired) electrons. The number of rotatable bonds is 5. The third-order valence-electron chi connectivity index (χ3n) is 2.19. The minimum atomic E-state index is -0.324. The molecule has 3 nitrogen and oxygen atoms in total. The summed E-state index contributed by atoms with van der Waals surface area (Å²) in [5.74, 6) is -0.383. The summed E-state index contributed by atoms with van der Waals surface area (Å²) in [5.41, 5.74) is 5.09. The summed E-state index contributed by atoms with van der Waals surface area (Å²) < 4.78 is 0. The van der Waals surface area contributed by atoms with E-state index in [9.17, 15) is 9.59 Å². The van der Waals surface area contributed by atoms with Crippen molar-refractivity contribution < 1.29 is 9.59 Å². The Morgan fingerprint density at radius 2 is 1.92 bits per heavy atom. The first-order chi connectivity index (χ1) is 5.49. The molecule has 3 heteroatoms. The van der Waals surface area contributed by atoms with Crippen LogP contribution in [0.25, 0.3) is 0 Å². The van der Waals surface area contributed by atoms with E-state index < -0.39 is 0 Å². The third-order valence-corrected chi connectivity index (χ3v) is 2.19. The molecule has 0 saturated heterocycles. The van der Waals surface area contributed by atoms with Gasteiger partial charge in [-0.25, -0.2) is 0 Å². The number of carbonyl (C=O) groups is 2. The first-order valence-corrected chi connectivity index (χ1v) is 4.28. The van der Waals surface area contributed by atoms with Gasteiger partial charge in [0.2, 0.25) is 5.91 Å². The zero-order valence-corrected chi connectivity index (χ0v) is 7.96. The molecule has 70 valence electrons. The zero-order chi connectivity index (χ0) is 9.72. The van der Waals surface area contributed by atoms with Crippen molar-refractivity contribution in [2.75, 3.05) is 0 Å². The van der Waals surface area contributed by atoms with Gasteiger partial charge in [-0.3, -0.25) is 9.59 Å². The Balaban J connectivity index is 4.02. The number of carbonyl (C=O) groups excluding carboxylic acids is 2. The van der Waals surface area contributed by atoms with E-state index in [-0.39, 0.29) is 23.5 Å². The fraction of sp³-hybridized carbons (Fsp3) is 0.778. The molecule has 0 bridgehead atoms. The summed E-state index contributed by atoms with van der Waals surface area (Å²) in [4.78, 5) is 21.7. The lowest BCUT2D eigenvalue weighted by molar-refractivity contribution is -0.124. The number of amides is 1. The summed E-state index contributed by atoms with van der Waals surface area (Å²) in [6, 6.07) is 0. The van der Waals surface area contributed by atoms with Gasteiger partial charge in [-0.05, 0) is 19.8 Å². The molecule has 12 heavy (non-hydrogen) atoms. The molecule has 0 aromatic carbocycles. The van der Waals surface area contributed by atoms with Crippen LogP contribution in [0.2, 0.25) is 0 Å². The van der Waals surface area contributed by atoms with Gasteiger partial charge < -0.3 is 5.73 Å². The standard InChI is InChI=1S/C9H17NO2/c1-4-8(7(3)11)5-6(2)9(10)12/h6,8H,4-5H2,1-3H3,(H2,10,12). The van der Waals surface area contributed by atoms with Gasteiger partial charge >= 0.3 is 0 Å². The van der Waals surface area contributed by atoms with E-state index in [1.807, 2.05) is 6.92 Å². The van der Waals surface area contributed by atoms with E-state index in [0.717, 1.165) is 6.42 Å². The van der Waals surface area contributed by atoms with Crippen LogP contribution in [0.5, 0.6) is 0 Å². The highest BCUT2D eigenvalue weighted by molar-refractivity contribution is 5.80. The van der Waals surface area contributed by atoms with Crippen molar-refractivity contribution in [2.45, 2.75) is 33.6 Å². The van der Waals surface area contributed by atoms with Crippen LogP contribution in [-0.4, -0.2) is 11.7 Å². The van der Waals surface area contributed by atoms with Crippen molar-refractivity contribution in [3.8, 4) is 0 Å². The normalized spacial score (nSPS) is 15.2. The molecule has 2 atom stereocenters. The number of primary amides is 1. The molecule has 0 aliphatic carbocycles. The van der Waals surface area contributed by atoms with E-state index in [1.54, 1.807) is 13.8 Å². The Hall–Kier alpha value is -0.860. The van der Waals surface area contributed by atoms with Gasteiger partial charge in [0.1, 0.15) is 5.78 Å². The maximum absolute atomic E-state index is 11.0. The lowest BCUT2D eigenvalue weighted by Gasteiger charge is -2.14. The smallest absolute Gasteiger partial charge is 0.220 e. The molecule has 0 heterocycles. The number of hydrogen-bond acceptors (Lipinski definition) is 2. The van der Waals surface area contributed by atoms with Gasteiger partial charge in [0.15, 0.2) is 0 Å². The highest BCUT2D eigenvalue weighted by Gasteiger charge is 2.18. The molecule has 0 aromatic rings. The molecular formula is C9H17NO2. The minimum absolute atomic E-state index is 0.00694. The fourth-order valence-electron chi connectivity index (χ4n) is 1.16.